The zero-order valence-electron chi connectivity index (χ0n) is 26.8. The highest BCUT2D eigenvalue weighted by atomic mass is 16.6. The molecule has 0 aliphatic carbocycles. The zero-order chi connectivity index (χ0) is 31.3. The topological polar surface area (TPSA) is 113 Å². The molecule has 1 rings (SSSR count). The number of hydrogen-bond donors (Lipinski definition) is 0. The van der Waals surface area contributed by atoms with Gasteiger partial charge in [0.15, 0.2) is 0 Å². The van der Waals surface area contributed by atoms with Gasteiger partial charge in [0.25, 0.3) is 0 Å². The average Bonchev–Trinajstić information content (AvgIpc) is 2.98. The molecule has 0 heterocycles. The molecule has 0 N–H and O–H groups in total. The fourth-order valence-electron chi connectivity index (χ4n) is 3.16. The van der Waals surface area contributed by atoms with Crippen LogP contribution in [-0.2, 0) is 54.0 Å². The summed E-state index contributed by atoms with van der Waals surface area (Å²) in [6, 6.07) is 10.1. The van der Waals surface area contributed by atoms with Crippen LogP contribution in [0, 0.1) is 0 Å². The van der Waals surface area contributed by atoms with Crippen molar-refractivity contribution in [3.63, 3.8) is 0 Å². The SMILES string of the molecule is CN(CCOCCOCCOCCOCCOCCOCCOCCOCCOCc1ccccc1)C(=O)OC(C)(C)C. The lowest BCUT2D eigenvalue weighted by Gasteiger charge is -2.24. The minimum atomic E-state index is -0.507. The molecule has 0 aliphatic rings. The van der Waals surface area contributed by atoms with Gasteiger partial charge in [-0.2, -0.15) is 0 Å². The first-order valence-corrected chi connectivity index (χ1v) is 15.1. The molecular weight excluding hydrogens is 562 g/mol. The molecule has 0 saturated carbocycles. The molecule has 0 unspecified atom stereocenters. The zero-order valence-corrected chi connectivity index (χ0v) is 26.8. The smallest absolute Gasteiger partial charge is 0.410 e. The van der Waals surface area contributed by atoms with E-state index in [1.54, 1.807) is 7.05 Å². The Kier molecular flexibility index (Phi) is 25.2. The van der Waals surface area contributed by atoms with E-state index >= 15 is 0 Å². The molecule has 0 aromatic heterocycles. The summed E-state index contributed by atoms with van der Waals surface area (Å²) in [5.41, 5.74) is 0.650. The molecule has 0 radical (unpaired) electrons. The van der Waals surface area contributed by atoms with Crippen LogP contribution in [0.2, 0.25) is 0 Å². The normalized spacial score (nSPS) is 11.6. The first-order chi connectivity index (χ1) is 20.9. The second-order valence-corrected chi connectivity index (χ2v) is 10.3. The maximum absolute atomic E-state index is 11.8. The highest BCUT2D eigenvalue weighted by molar-refractivity contribution is 5.67. The Morgan fingerprint density at radius 2 is 0.860 bits per heavy atom. The number of nitrogens with zero attached hydrogens (tertiary/aromatic N) is 1. The fourth-order valence-corrected chi connectivity index (χ4v) is 3.16. The van der Waals surface area contributed by atoms with E-state index in [1.807, 2.05) is 51.1 Å². The number of ether oxygens (including phenoxy) is 10. The Balaban J connectivity index is 1.67. The van der Waals surface area contributed by atoms with Gasteiger partial charge in [0, 0.05) is 13.6 Å². The Morgan fingerprint density at radius 3 is 1.21 bits per heavy atom. The van der Waals surface area contributed by atoms with E-state index in [2.05, 4.69) is 0 Å². The molecule has 1 aromatic rings. The standard InChI is InChI=1S/C31H55NO11/c1-31(2,3)43-30(33)32(4)10-11-34-12-13-35-14-15-36-16-17-37-18-19-38-20-21-39-22-23-40-24-25-41-26-27-42-28-29-8-6-5-7-9-29/h5-9H,10-28H2,1-4H3. The Hall–Kier alpha value is -1.87. The van der Waals surface area contributed by atoms with Gasteiger partial charge in [0.2, 0.25) is 0 Å². The van der Waals surface area contributed by atoms with Crippen LogP contribution in [0.1, 0.15) is 26.3 Å². The van der Waals surface area contributed by atoms with E-state index in [-0.39, 0.29) is 6.09 Å². The minimum Gasteiger partial charge on any atom is -0.444 e. The molecule has 0 saturated heterocycles. The van der Waals surface area contributed by atoms with Gasteiger partial charge in [-0.1, -0.05) is 30.3 Å². The number of hydrogen-bond acceptors (Lipinski definition) is 11. The third-order valence-corrected chi connectivity index (χ3v) is 5.36. The van der Waals surface area contributed by atoms with Gasteiger partial charge in [-0.25, -0.2) is 4.79 Å². The minimum absolute atomic E-state index is 0.362. The van der Waals surface area contributed by atoms with Crippen molar-refractivity contribution < 1.29 is 52.2 Å². The second-order valence-electron chi connectivity index (χ2n) is 10.3. The number of benzene rings is 1. The summed E-state index contributed by atoms with van der Waals surface area (Å²) in [5.74, 6) is 0. The van der Waals surface area contributed by atoms with Gasteiger partial charge in [0.1, 0.15) is 5.60 Å². The fraction of sp³-hybridized carbons (Fsp3) is 0.774. The van der Waals surface area contributed by atoms with Crippen molar-refractivity contribution in [3.8, 4) is 0 Å². The van der Waals surface area contributed by atoms with Crippen LogP contribution in [0.3, 0.4) is 0 Å². The van der Waals surface area contributed by atoms with Crippen molar-refractivity contribution in [3.05, 3.63) is 35.9 Å². The third kappa shape index (κ3) is 27.4. The maximum atomic E-state index is 11.8. The molecule has 43 heavy (non-hydrogen) atoms. The van der Waals surface area contributed by atoms with Crippen LogP contribution in [-0.4, -0.2) is 143 Å². The monoisotopic (exact) mass is 617 g/mol. The van der Waals surface area contributed by atoms with Crippen molar-refractivity contribution in [2.75, 3.05) is 126 Å². The largest absolute Gasteiger partial charge is 0.444 e. The lowest BCUT2D eigenvalue weighted by atomic mass is 10.2. The van der Waals surface area contributed by atoms with E-state index in [4.69, 9.17) is 47.4 Å². The predicted octanol–water partition coefficient (Wildman–Crippen LogP) is 3.20. The van der Waals surface area contributed by atoms with Gasteiger partial charge in [0.05, 0.1) is 119 Å². The van der Waals surface area contributed by atoms with Gasteiger partial charge in [-0.05, 0) is 26.3 Å². The number of carbonyl (C=O) groups is 1. The van der Waals surface area contributed by atoms with Crippen LogP contribution < -0.4 is 0 Å². The van der Waals surface area contributed by atoms with Crippen LogP contribution >= 0.6 is 0 Å². The molecule has 0 fully saturated rings. The van der Waals surface area contributed by atoms with Gasteiger partial charge >= 0.3 is 6.09 Å². The average molecular weight is 618 g/mol. The van der Waals surface area contributed by atoms with E-state index in [0.717, 1.165) is 5.56 Å². The molecule has 0 spiro atoms. The third-order valence-electron chi connectivity index (χ3n) is 5.36. The molecule has 250 valence electrons. The number of amides is 1. The quantitative estimate of drug-likeness (QED) is 0.124. The predicted molar refractivity (Wildman–Crippen MR) is 162 cm³/mol. The Bertz CT molecular complexity index is 749. The summed E-state index contributed by atoms with van der Waals surface area (Å²) in [6.07, 6.45) is -0.362. The number of likely N-dealkylation sites (N-methyl/N-ethyl adjacent to an activating group) is 1. The van der Waals surface area contributed by atoms with Crippen LogP contribution in [0.5, 0.6) is 0 Å². The van der Waals surface area contributed by atoms with Crippen molar-refractivity contribution in [2.24, 2.45) is 0 Å². The van der Waals surface area contributed by atoms with Gasteiger partial charge in [-0.3, -0.25) is 0 Å². The lowest BCUT2D eigenvalue weighted by Crippen LogP contribution is -2.36. The summed E-state index contributed by atoms with van der Waals surface area (Å²) in [6.45, 7) is 15.1. The van der Waals surface area contributed by atoms with Crippen LogP contribution in [0.25, 0.3) is 0 Å². The highest BCUT2D eigenvalue weighted by Crippen LogP contribution is 2.08. The molecule has 12 nitrogen and oxygen atoms in total. The summed E-state index contributed by atoms with van der Waals surface area (Å²) in [5, 5.41) is 0. The molecule has 1 aromatic carbocycles. The number of rotatable bonds is 29. The second kappa shape index (κ2) is 27.7. The van der Waals surface area contributed by atoms with Crippen molar-refractivity contribution in [1.82, 2.24) is 4.90 Å². The van der Waals surface area contributed by atoms with Crippen LogP contribution in [0.15, 0.2) is 30.3 Å². The summed E-state index contributed by atoms with van der Waals surface area (Å²) >= 11 is 0. The van der Waals surface area contributed by atoms with Gasteiger partial charge in [-0.15, -0.1) is 0 Å². The van der Waals surface area contributed by atoms with Crippen LogP contribution in [0.4, 0.5) is 4.79 Å². The van der Waals surface area contributed by atoms with Gasteiger partial charge < -0.3 is 52.3 Å². The van der Waals surface area contributed by atoms with E-state index < -0.39 is 5.60 Å². The Morgan fingerprint density at radius 1 is 0.535 bits per heavy atom. The van der Waals surface area contributed by atoms with Crippen molar-refractivity contribution in [1.29, 1.82) is 0 Å². The molecular formula is C31H55NO11. The summed E-state index contributed by atoms with van der Waals surface area (Å²) < 4.78 is 54.6. The molecule has 0 atom stereocenters. The van der Waals surface area contributed by atoms with E-state index in [1.165, 1.54) is 4.90 Å². The maximum Gasteiger partial charge on any atom is 0.410 e. The van der Waals surface area contributed by atoms with E-state index in [0.29, 0.717) is 125 Å². The lowest BCUT2D eigenvalue weighted by molar-refractivity contribution is -0.0257. The Labute approximate surface area is 258 Å². The number of carbonyl (C=O) groups excluding carboxylic acids is 1. The molecule has 12 heteroatoms. The molecule has 0 aliphatic heterocycles. The molecule has 1 amide bonds. The summed E-state index contributed by atoms with van der Waals surface area (Å²) in [4.78, 5) is 13.3. The summed E-state index contributed by atoms with van der Waals surface area (Å²) in [7, 11) is 1.68. The van der Waals surface area contributed by atoms with Crippen molar-refractivity contribution >= 4 is 6.09 Å². The molecule has 0 bridgehead atoms. The van der Waals surface area contributed by atoms with Crippen molar-refractivity contribution in [2.45, 2.75) is 33.0 Å². The first-order valence-electron chi connectivity index (χ1n) is 15.1. The first kappa shape index (κ1) is 39.2. The van der Waals surface area contributed by atoms with E-state index in [9.17, 15) is 4.79 Å². The highest BCUT2D eigenvalue weighted by Gasteiger charge is 2.19.